The van der Waals surface area contributed by atoms with E-state index in [0.29, 0.717) is 6.42 Å². The molecule has 1 atom stereocenters. The molecule has 112 valence electrons. The number of aryl methyl sites for hydroxylation is 1. The smallest absolute Gasteiger partial charge is 0.338 e. The van der Waals surface area contributed by atoms with Crippen molar-refractivity contribution in [2.24, 2.45) is 0 Å². The Morgan fingerprint density at radius 1 is 1.45 bits per heavy atom. The van der Waals surface area contributed by atoms with Crippen LogP contribution in [0, 0.1) is 12.7 Å². The highest BCUT2D eigenvalue weighted by Gasteiger charge is 2.23. The van der Waals surface area contributed by atoms with Crippen LogP contribution in [0.1, 0.15) is 29.3 Å². The van der Waals surface area contributed by atoms with Gasteiger partial charge in [0, 0.05) is 6.04 Å². The third kappa shape index (κ3) is 3.53. The van der Waals surface area contributed by atoms with Crippen LogP contribution in [-0.2, 0) is 10.0 Å². The molecule has 0 aliphatic rings. The molecule has 0 spiro atoms. The van der Waals surface area contributed by atoms with Gasteiger partial charge in [-0.2, -0.15) is 0 Å². The van der Waals surface area contributed by atoms with Crippen molar-refractivity contribution in [3.05, 3.63) is 29.1 Å². The highest BCUT2D eigenvalue weighted by molar-refractivity contribution is 7.89. The number of aliphatic hydroxyl groups is 1. The van der Waals surface area contributed by atoms with E-state index < -0.39 is 33.4 Å². The first-order chi connectivity index (χ1) is 9.22. The summed E-state index contributed by atoms with van der Waals surface area (Å²) in [5.41, 5.74) is -0.787. The number of hydrogen-bond donors (Lipinski definition) is 3. The number of hydrogen-bond acceptors (Lipinski definition) is 4. The lowest BCUT2D eigenvalue weighted by Gasteiger charge is -2.15. The summed E-state index contributed by atoms with van der Waals surface area (Å²) in [4.78, 5) is 10.5. The maximum Gasteiger partial charge on any atom is 0.338 e. The quantitative estimate of drug-likeness (QED) is 0.724. The van der Waals surface area contributed by atoms with Crippen LogP contribution < -0.4 is 4.72 Å². The minimum atomic E-state index is -4.02. The maximum atomic E-state index is 13.6. The van der Waals surface area contributed by atoms with E-state index in [2.05, 4.69) is 4.72 Å². The molecule has 0 saturated heterocycles. The number of aromatic carboxylic acids is 1. The molecule has 0 unspecified atom stereocenters. The van der Waals surface area contributed by atoms with Crippen LogP contribution in [0.15, 0.2) is 17.0 Å². The monoisotopic (exact) mass is 305 g/mol. The average molecular weight is 305 g/mol. The fourth-order valence-corrected chi connectivity index (χ4v) is 3.01. The number of benzene rings is 1. The third-order valence-corrected chi connectivity index (χ3v) is 4.30. The largest absolute Gasteiger partial charge is 0.478 e. The first-order valence-corrected chi connectivity index (χ1v) is 7.37. The summed E-state index contributed by atoms with van der Waals surface area (Å²) in [6.07, 6.45) is 0.363. The Labute approximate surface area is 116 Å². The van der Waals surface area contributed by atoms with E-state index in [1.807, 2.05) is 0 Å². The number of sulfonamides is 1. The number of carboxylic acids is 1. The maximum absolute atomic E-state index is 13.6. The number of rotatable bonds is 6. The normalized spacial score (nSPS) is 13.2. The van der Waals surface area contributed by atoms with Gasteiger partial charge in [0.25, 0.3) is 0 Å². The zero-order valence-corrected chi connectivity index (χ0v) is 11.9. The highest BCUT2D eigenvalue weighted by atomic mass is 32.2. The number of aliphatic hydroxyl groups excluding tert-OH is 1. The van der Waals surface area contributed by atoms with E-state index in [1.165, 1.54) is 6.92 Å². The molecule has 0 saturated carbocycles. The molecule has 6 nitrogen and oxygen atoms in total. The zero-order chi connectivity index (χ0) is 15.5. The fourth-order valence-electron chi connectivity index (χ4n) is 1.58. The fraction of sp³-hybridized carbons (Fsp3) is 0.417. The van der Waals surface area contributed by atoms with Crippen LogP contribution in [0.25, 0.3) is 0 Å². The second-order valence-electron chi connectivity index (χ2n) is 4.32. The van der Waals surface area contributed by atoms with Gasteiger partial charge in [0.1, 0.15) is 5.82 Å². The summed E-state index contributed by atoms with van der Waals surface area (Å²) in [5.74, 6) is -2.51. The van der Waals surface area contributed by atoms with Crippen molar-refractivity contribution in [2.75, 3.05) is 6.61 Å². The second kappa shape index (κ2) is 6.29. The SMILES string of the molecule is CC[C@@H](CO)NS(=O)(=O)c1cc(C)c(F)c(C(=O)O)c1. The molecule has 3 N–H and O–H groups in total. The van der Waals surface area contributed by atoms with Gasteiger partial charge in [0.05, 0.1) is 17.1 Å². The van der Waals surface area contributed by atoms with Crippen molar-refractivity contribution in [2.45, 2.75) is 31.2 Å². The first-order valence-electron chi connectivity index (χ1n) is 5.89. The molecular weight excluding hydrogens is 289 g/mol. The molecular formula is C12H16FNO5S. The van der Waals surface area contributed by atoms with Crippen LogP contribution in [0.4, 0.5) is 4.39 Å². The summed E-state index contributed by atoms with van der Waals surface area (Å²) >= 11 is 0. The summed E-state index contributed by atoms with van der Waals surface area (Å²) in [7, 11) is -4.02. The van der Waals surface area contributed by atoms with Crippen LogP contribution >= 0.6 is 0 Å². The third-order valence-electron chi connectivity index (χ3n) is 2.80. The molecule has 20 heavy (non-hydrogen) atoms. The Morgan fingerprint density at radius 3 is 2.50 bits per heavy atom. The van der Waals surface area contributed by atoms with Gasteiger partial charge in [-0.3, -0.25) is 0 Å². The van der Waals surface area contributed by atoms with E-state index in [1.54, 1.807) is 6.92 Å². The van der Waals surface area contributed by atoms with Crippen molar-refractivity contribution < 1.29 is 27.8 Å². The molecule has 0 amide bonds. The first kappa shape index (κ1) is 16.5. The standard InChI is InChI=1S/C12H16FNO5S/c1-3-8(6-15)14-20(18,19)9-4-7(2)11(13)10(5-9)12(16)17/h4-5,8,14-15H,3,6H2,1-2H3,(H,16,17)/t8-/m0/s1. The van der Waals surface area contributed by atoms with Crippen molar-refractivity contribution in [1.29, 1.82) is 0 Å². The van der Waals surface area contributed by atoms with Crippen molar-refractivity contribution in [1.82, 2.24) is 4.72 Å². The number of halogens is 1. The van der Waals surface area contributed by atoms with Gasteiger partial charge in [-0.1, -0.05) is 6.92 Å². The number of carboxylic acid groups (broad SMARTS) is 1. The molecule has 1 aromatic carbocycles. The van der Waals surface area contributed by atoms with Gasteiger partial charge in [-0.05, 0) is 31.0 Å². The lowest BCUT2D eigenvalue weighted by atomic mass is 10.1. The van der Waals surface area contributed by atoms with Crippen LogP contribution in [-0.4, -0.2) is 37.2 Å². The molecule has 0 fully saturated rings. The predicted molar refractivity (Wildman–Crippen MR) is 69.6 cm³/mol. The predicted octanol–water partition coefficient (Wildman–Crippen LogP) is 0.882. The lowest BCUT2D eigenvalue weighted by Crippen LogP contribution is -2.37. The minimum absolute atomic E-state index is 0.0812. The molecule has 0 aliphatic heterocycles. The number of carbonyl (C=O) groups is 1. The molecule has 0 heterocycles. The summed E-state index contributed by atoms with van der Waals surface area (Å²) in [5, 5.41) is 17.9. The van der Waals surface area contributed by atoms with E-state index in [9.17, 15) is 17.6 Å². The molecule has 0 bridgehead atoms. The minimum Gasteiger partial charge on any atom is -0.478 e. The molecule has 0 aliphatic carbocycles. The summed E-state index contributed by atoms with van der Waals surface area (Å²) in [6.45, 7) is 2.58. The topological polar surface area (TPSA) is 104 Å². The second-order valence-corrected chi connectivity index (χ2v) is 6.03. The Kier molecular flexibility index (Phi) is 5.21. The zero-order valence-electron chi connectivity index (χ0n) is 11.1. The van der Waals surface area contributed by atoms with Crippen molar-refractivity contribution in [3.8, 4) is 0 Å². The highest BCUT2D eigenvalue weighted by Crippen LogP contribution is 2.19. The van der Waals surface area contributed by atoms with Gasteiger partial charge in [-0.25, -0.2) is 22.3 Å². The molecule has 0 radical (unpaired) electrons. The molecule has 8 heteroatoms. The van der Waals surface area contributed by atoms with E-state index in [4.69, 9.17) is 10.2 Å². The van der Waals surface area contributed by atoms with Gasteiger partial charge in [0.2, 0.25) is 10.0 Å². The van der Waals surface area contributed by atoms with Crippen LogP contribution in [0.5, 0.6) is 0 Å². The summed E-state index contributed by atoms with van der Waals surface area (Å²) < 4.78 is 39.9. The lowest BCUT2D eigenvalue weighted by molar-refractivity contribution is 0.0691. The Bertz CT molecular complexity index is 611. The average Bonchev–Trinajstić information content (AvgIpc) is 2.38. The summed E-state index contributed by atoms with van der Waals surface area (Å²) in [6, 6.07) is 1.13. The molecule has 1 aromatic rings. The van der Waals surface area contributed by atoms with Gasteiger partial charge >= 0.3 is 5.97 Å². The van der Waals surface area contributed by atoms with E-state index in [0.717, 1.165) is 12.1 Å². The Morgan fingerprint density at radius 2 is 2.05 bits per heavy atom. The van der Waals surface area contributed by atoms with Gasteiger partial charge < -0.3 is 10.2 Å². The van der Waals surface area contributed by atoms with Crippen LogP contribution in [0.2, 0.25) is 0 Å². The molecule has 0 aromatic heterocycles. The van der Waals surface area contributed by atoms with Crippen LogP contribution in [0.3, 0.4) is 0 Å². The van der Waals surface area contributed by atoms with Crippen molar-refractivity contribution in [3.63, 3.8) is 0 Å². The van der Waals surface area contributed by atoms with Gasteiger partial charge in [-0.15, -0.1) is 0 Å². The van der Waals surface area contributed by atoms with Crippen molar-refractivity contribution >= 4 is 16.0 Å². The number of nitrogens with one attached hydrogen (secondary N) is 1. The molecule has 1 rings (SSSR count). The van der Waals surface area contributed by atoms with E-state index >= 15 is 0 Å². The van der Waals surface area contributed by atoms with E-state index in [-0.39, 0.29) is 17.1 Å². The Balaban J connectivity index is 3.29. The van der Waals surface area contributed by atoms with Gasteiger partial charge in [0.15, 0.2) is 0 Å². The Hall–Kier alpha value is -1.51.